The number of hydrogen-bond acceptors (Lipinski definition) is 2. The van der Waals surface area contributed by atoms with Crippen LogP contribution in [0.15, 0.2) is 47.7 Å². The Balaban J connectivity index is 1.48. The molecule has 2 fully saturated rings. The first kappa shape index (κ1) is 17.1. The van der Waals surface area contributed by atoms with Crippen LogP contribution in [0.2, 0.25) is 0 Å². The van der Waals surface area contributed by atoms with Gasteiger partial charge in [0, 0.05) is 18.0 Å². The fraction of sp³-hybridized carbons (Fsp3) is 0.500. The van der Waals surface area contributed by atoms with E-state index in [0.717, 1.165) is 31.2 Å². The SMILES string of the molecule is C[C@]12CC[C@H]3[C@@H](CCC4=CC(=O)CC[C@@]43C)C1=CC=C2c1ccc(F)nc1. The number of allylic oxidation sites excluding steroid dienone is 6. The van der Waals surface area contributed by atoms with Gasteiger partial charge in [-0.3, -0.25) is 4.79 Å². The van der Waals surface area contributed by atoms with E-state index >= 15 is 0 Å². The molecule has 4 atom stereocenters. The molecular weight excluding hydrogens is 337 g/mol. The number of carbonyl (C=O) groups excluding carboxylic acids is 1. The Morgan fingerprint density at radius 1 is 1.11 bits per heavy atom. The second-order valence-corrected chi connectivity index (χ2v) is 9.25. The second-order valence-electron chi connectivity index (χ2n) is 9.25. The van der Waals surface area contributed by atoms with Crippen molar-refractivity contribution in [1.29, 1.82) is 0 Å². The molecule has 1 heterocycles. The van der Waals surface area contributed by atoms with Crippen LogP contribution in [0.1, 0.15) is 57.9 Å². The highest BCUT2D eigenvalue weighted by Gasteiger charge is 2.54. The molecule has 0 unspecified atom stereocenters. The highest BCUT2D eigenvalue weighted by atomic mass is 19.1. The Morgan fingerprint density at radius 2 is 1.96 bits per heavy atom. The van der Waals surface area contributed by atoms with Gasteiger partial charge in [0.2, 0.25) is 5.95 Å². The Morgan fingerprint density at radius 3 is 2.74 bits per heavy atom. The molecule has 5 rings (SSSR count). The summed E-state index contributed by atoms with van der Waals surface area (Å²) < 4.78 is 13.3. The van der Waals surface area contributed by atoms with Crippen LogP contribution in [-0.4, -0.2) is 10.8 Å². The minimum absolute atomic E-state index is 0.0305. The fourth-order valence-corrected chi connectivity index (χ4v) is 6.51. The highest BCUT2D eigenvalue weighted by molar-refractivity contribution is 5.91. The van der Waals surface area contributed by atoms with Crippen LogP contribution in [-0.2, 0) is 4.79 Å². The van der Waals surface area contributed by atoms with Gasteiger partial charge in [-0.15, -0.1) is 0 Å². The molecule has 0 saturated heterocycles. The Kier molecular flexibility index (Phi) is 3.63. The lowest BCUT2D eigenvalue weighted by molar-refractivity contribution is -0.116. The summed E-state index contributed by atoms with van der Waals surface area (Å²) in [5.41, 5.74) is 5.48. The molecule has 0 bridgehead atoms. The van der Waals surface area contributed by atoms with Gasteiger partial charge in [-0.25, -0.2) is 4.98 Å². The van der Waals surface area contributed by atoms with E-state index in [1.54, 1.807) is 11.8 Å². The fourth-order valence-electron chi connectivity index (χ4n) is 6.51. The normalized spacial score (nSPS) is 37.6. The van der Waals surface area contributed by atoms with Gasteiger partial charge in [0.05, 0.1) is 0 Å². The number of aromatic nitrogens is 1. The van der Waals surface area contributed by atoms with E-state index in [-0.39, 0.29) is 10.8 Å². The minimum Gasteiger partial charge on any atom is -0.295 e. The zero-order chi connectivity index (χ0) is 18.8. The summed E-state index contributed by atoms with van der Waals surface area (Å²) in [7, 11) is 0. The number of nitrogens with zero attached hydrogens (tertiary/aromatic N) is 1. The number of ketones is 1. The average Bonchev–Trinajstić information content (AvgIpc) is 3.00. The molecule has 2 nitrogen and oxygen atoms in total. The molecule has 0 aromatic carbocycles. The molecule has 4 aliphatic carbocycles. The number of pyridine rings is 1. The van der Waals surface area contributed by atoms with Gasteiger partial charge in [-0.2, -0.15) is 4.39 Å². The van der Waals surface area contributed by atoms with E-state index in [9.17, 15) is 9.18 Å². The molecular formula is C24H26FNO. The lowest BCUT2D eigenvalue weighted by atomic mass is 9.48. The van der Waals surface area contributed by atoms with Gasteiger partial charge in [0.25, 0.3) is 0 Å². The average molecular weight is 363 g/mol. The van der Waals surface area contributed by atoms with E-state index in [4.69, 9.17) is 0 Å². The lowest BCUT2D eigenvalue weighted by Gasteiger charge is -2.56. The van der Waals surface area contributed by atoms with Crippen LogP contribution in [0.5, 0.6) is 0 Å². The lowest BCUT2D eigenvalue weighted by Crippen LogP contribution is -2.47. The minimum atomic E-state index is -0.425. The van der Waals surface area contributed by atoms with Crippen molar-refractivity contribution < 1.29 is 9.18 Å². The van der Waals surface area contributed by atoms with Crippen molar-refractivity contribution in [3.63, 3.8) is 0 Å². The van der Waals surface area contributed by atoms with Crippen molar-refractivity contribution in [3.8, 4) is 0 Å². The summed E-state index contributed by atoms with van der Waals surface area (Å²) in [6.45, 7) is 4.76. The van der Waals surface area contributed by atoms with E-state index in [1.165, 1.54) is 23.6 Å². The molecule has 0 amide bonds. The summed E-state index contributed by atoms with van der Waals surface area (Å²) in [5, 5.41) is 0. The predicted octanol–water partition coefficient (Wildman–Crippen LogP) is 5.67. The van der Waals surface area contributed by atoms with Crippen molar-refractivity contribution in [2.75, 3.05) is 0 Å². The van der Waals surface area contributed by atoms with Gasteiger partial charge in [-0.05, 0) is 78.7 Å². The van der Waals surface area contributed by atoms with E-state index in [1.807, 2.05) is 12.1 Å². The molecule has 1 aromatic heterocycles. The van der Waals surface area contributed by atoms with Crippen LogP contribution >= 0.6 is 0 Å². The van der Waals surface area contributed by atoms with Crippen molar-refractivity contribution in [2.45, 2.75) is 52.4 Å². The van der Waals surface area contributed by atoms with Gasteiger partial charge >= 0.3 is 0 Å². The smallest absolute Gasteiger partial charge is 0.212 e. The van der Waals surface area contributed by atoms with E-state index < -0.39 is 5.95 Å². The number of hydrogen-bond donors (Lipinski definition) is 0. The standard InChI is InChI=1S/C24H26FNO/c1-23-11-9-17(27)13-16(23)4-5-18-20-7-6-19(15-3-8-22(25)26-14-15)24(20,2)12-10-21(18)23/h3,6-8,13-14,18,21H,4-5,9-12H2,1-2H3/t18-,21-,23-,24+/m0/s1. The molecule has 140 valence electrons. The molecule has 27 heavy (non-hydrogen) atoms. The number of rotatable bonds is 1. The zero-order valence-corrected chi connectivity index (χ0v) is 16.1. The van der Waals surface area contributed by atoms with Gasteiger partial charge in [0.1, 0.15) is 0 Å². The second kappa shape index (κ2) is 5.73. The number of fused-ring (bicyclic) bond motifs is 5. The Bertz CT molecular complexity index is 909. The van der Waals surface area contributed by atoms with Gasteiger partial charge < -0.3 is 0 Å². The molecule has 0 spiro atoms. The largest absolute Gasteiger partial charge is 0.295 e. The van der Waals surface area contributed by atoms with E-state index in [2.05, 4.69) is 31.0 Å². The van der Waals surface area contributed by atoms with Crippen LogP contribution in [0.4, 0.5) is 4.39 Å². The molecule has 0 N–H and O–H groups in total. The van der Waals surface area contributed by atoms with Crippen LogP contribution in [0, 0.1) is 28.6 Å². The summed E-state index contributed by atoms with van der Waals surface area (Å²) in [4.78, 5) is 15.8. The van der Waals surface area contributed by atoms with Crippen molar-refractivity contribution >= 4 is 11.4 Å². The van der Waals surface area contributed by atoms with Gasteiger partial charge in [-0.1, -0.05) is 37.1 Å². The van der Waals surface area contributed by atoms with Crippen molar-refractivity contribution in [1.82, 2.24) is 4.98 Å². The Labute approximate surface area is 160 Å². The quantitative estimate of drug-likeness (QED) is 0.602. The molecule has 0 aliphatic heterocycles. The monoisotopic (exact) mass is 363 g/mol. The first-order chi connectivity index (χ1) is 12.9. The summed E-state index contributed by atoms with van der Waals surface area (Å²) in [5.74, 6) is 1.10. The first-order valence-electron chi connectivity index (χ1n) is 10.2. The predicted molar refractivity (Wildman–Crippen MR) is 104 cm³/mol. The third-order valence-corrected chi connectivity index (χ3v) is 8.04. The Hall–Kier alpha value is -2.03. The highest BCUT2D eigenvalue weighted by Crippen LogP contribution is 2.65. The van der Waals surface area contributed by atoms with Crippen LogP contribution in [0.3, 0.4) is 0 Å². The maximum absolute atomic E-state index is 13.3. The summed E-state index contributed by atoms with van der Waals surface area (Å²) >= 11 is 0. The molecule has 0 radical (unpaired) electrons. The third-order valence-electron chi connectivity index (χ3n) is 8.04. The number of carbonyl (C=O) groups is 1. The maximum atomic E-state index is 13.3. The molecule has 4 aliphatic rings. The van der Waals surface area contributed by atoms with Crippen LogP contribution in [0.25, 0.3) is 5.57 Å². The summed E-state index contributed by atoms with van der Waals surface area (Å²) in [6, 6.07) is 3.32. The van der Waals surface area contributed by atoms with Crippen molar-refractivity contribution in [3.05, 3.63) is 59.2 Å². The maximum Gasteiger partial charge on any atom is 0.212 e. The van der Waals surface area contributed by atoms with Gasteiger partial charge in [0.15, 0.2) is 5.78 Å². The summed E-state index contributed by atoms with van der Waals surface area (Å²) in [6.07, 6.45) is 14.4. The molecule has 1 aromatic rings. The first-order valence-corrected chi connectivity index (χ1v) is 10.2. The molecule has 2 saturated carbocycles. The topological polar surface area (TPSA) is 30.0 Å². The third kappa shape index (κ3) is 2.36. The molecule has 3 heteroatoms. The van der Waals surface area contributed by atoms with E-state index in [0.29, 0.717) is 24.0 Å². The van der Waals surface area contributed by atoms with Crippen LogP contribution < -0.4 is 0 Å². The van der Waals surface area contributed by atoms with Crippen molar-refractivity contribution in [2.24, 2.45) is 22.7 Å². The number of halogens is 1. The zero-order valence-electron chi connectivity index (χ0n) is 16.1.